The molecular weight excluding hydrogens is 204 g/mol. The zero-order chi connectivity index (χ0) is 11.1. The third kappa shape index (κ3) is 2.43. The monoisotopic (exact) mass is 220 g/mol. The summed E-state index contributed by atoms with van der Waals surface area (Å²) in [5.41, 5.74) is 3.16. The second kappa shape index (κ2) is 3.68. The van der Waals surface area contributed by atoms with Crippen LogP contribution in [0.5, 0.6) is 0 Å². The SMILES string of the molecule is CC(=CC1CC1(C)C)c1ccc(Cl)cc1. The smallest absolute Gasteiger partial charge is 0.0406 e. The minimum absolute atomic E-state index is 0.522. The van der Waals surface area contributed by atoms with E-state index in [-0.39, 0.29) is 0 Å². The number of benzene rings is 1. The largest absolute Gasteiger partial charge is 0.0843 e. The van der Waals surface area contributed by atoms with Crippen molar-refractivity contribution >= 4 is 17.2 Å². The summed E-state index contributed by atoms with van der Waals surface area (Å²) < 4.78 is 0. The van der Waals surface area contributed by atoms with Gasteiger partial charge in [0.05, 0.1) is 0 Å². The quantitative estimate of drug-likeness (QED) is 0.672. The Bertz CT molecular complexity index is 384. The third-order valence-electron chi connectivity index (χ3n) is 3.34. The van der Waals surface area contributed by atoms with Crippen LogP contribution in [0, 0.1) is 11.3 Å². The summed E-state index contributed by atoms with van der Waals surface area (Å²) in [6.07, 6.45) is 3.71. The van der Waals surface area contributed by atoms with Crippen molar-refractivity contribution in [2.75, 3.05) is 0 Å². The predicted octanol–water partition coefficient (Wildman–Crippen LogP) is 4.79. The zero-order valence-electron chi connectivity index (χ0n) is 9.55. The fourth-order valence-electron chi connectivity index (χ4n) is 1.90. The molecule has 15 heavy (non-hydrogen) atoms. The second-order valence-corrected chi connectivity index (χ2v) is 5.59. The molecular formula is C14H17Cl. The molecule has 1 aliphatic rings. The van der Waals surface area contributed by atoms with E-state index in [0.29, 0.717) is 5.41 Å². The van der Waals surface area contributed by atoms with Gasteiger partial charge in [0.25, 0.3) is 0 Å². The standard InChI is InChI=1S/C14H17Cl/c1-10(8-12-9-14(12,2)3)11-4-6-13(15)7-5-11/h4-8,12H,9H2,1-3H3. The van der Waals surface area contributed by atoms with Crippen LogP contribution in [0.4, 0.5) is 0 Å². The maximum absolute atomic E-state index is 5.86. The lowest BCUT2D eigenvalue weighted by atomic mass is 10.0. The van der Waals surface area contributed by atoms with Gasteiger partial charge in [0.15, 0.2) is 0 Å². The molecule has 1 aliphatic carbocycles. The van der Waals surface area contributed by atoms with Gasteiger partial charge in [0.1, 0.15) is 0 Å². The fraction of sp³-hybridized carbons (Fsp3) is 0.429. The van der Waals surface area contributed by atoms with E-state index < -0.39 is 0 Å². The highest BCUT2D eigenvalue weighted by Crippen LogP contribution is 2.53. The Labute approximate surface area is 97.0 Å². The van der Waals surface area contributed by atoms with Crippen molar-refractivity contribution in [3.63, 3.8) is 0 Å². The first-order valence-corrected chi connectivity index (χ1v) is 5.81. The molecule has 0 heterocycles. The number of hydrogen-bond acceptors (Lipinski definition) is 0. The molecule has 80 valence electrons. The van der Waals surface area contributed by atoms with Crippen molar-refractivity contribution in [1.82, 2.24) is 0 Å². The van der Waals surface area contributed by atoms with E-state index >= 15 is 0 Å². The third-order valence-corrected chi connectivity index (χ3v) is 3.59. The van der Waals surface area contributed by atoms with Crippen LogP contribution < -0.4 is 0 Å². The van der Waals surface area contributed by atoms with E-state index in [9.17, 15) is 0 Å². The van der Waals surface area contributed by atoms with E-state index in [2.05, 4.69) is 39.0 Å². The first-order valence-electron chi connectivity index (χ1n) is 5.43. The Morgan fingerprint density at radius 1 is 1.33 bits per heavy atom. The summed E-state index contributed by atoms with van der Waals surface area (Å²) in [6.45, 7) is 6.82. The van der Waals surface area contributed by atoms with Gasteiger partial charge in [-0.15, -0.1) is 0 Å². The predicted molar refractivity (Wildman–Crippen MR) is 67.0 cm³/mol. The Morgan fingerprint density at radius 2 is 1.87 bits per heavy atom. The van der Waals surface area contributed by atoms with Crippen molar-refractivity contribution in [2.24, 2.45) is 11.3 Å². The molecule has 0 saturated heterocycles. The molecule has 1 saturated carbocycles. The molecule has 0 aromatic heterocycles. The maximum Gasteiger partial charge on any atom is 0.0406 e. The first-order chi connectivity index (χ1) is 6.99. The van der Waals surface area contributed by atoms with Crippen LogP contribution in [0.15, 0.2) is 30.3 Å². The van der Waals surface area contributed by atoms with E-state index in [0.717, 1.165) is 10.9 Å². The van der Waals surface area contributed by atoms with Crippen molar-refractivity contribution < 1.29 is 0 Å². The average Bonchev–Trinajstić information content (AvgIpc) is 2.74. The van der Waals surface area contributed by atoms with Crippen LogP contribution in [-0.4, -0.2) is 0 Å². The van der Waals surface area contributed by atoms with Crippen molar-refractivity contribution in [3.8, 4) is 0 Å². The molecule has 0 nitrogen and oxygen atoms in total. The Hall–Kier alpha value is -0.750. The average molecular weight is 221 g/mol. The summed E-state index contributed by atoms with van der Waals surface area (Å²) in [5, 5.41) is 0.804. The Kier molecular flexibility index (Phi) is 2.64. The molecule has 1 heteroatoms. The highest BCUT2D eigenvalue weighted by atomic mass is 35.5. The summed E-state index contributed by atoms with van der Waals surface area (Å²) in [7, 11) is 0. The Morgan fingerprint density at radius 3 is 2.33 bits per heavy atom. The van der Waals surface area contributed by atoms with Gasteiger partial charge in [0.2, 0.25) is 0 Å². The lowest BCUT2D eigenvalue weighted by Gasteiger charge is -2.03. The van der Waals surface area contributed by atoms with Gasteiger partial charge in [-0.25, -0.2) is 0 Å². The fourth-order valence-corrected chi connectivity index (χ4v) is 2.03. The first kappa shape index (κ1) is 10.8. The number of rotatable bonds is 2. The van der Waals surface area contributed by atoms with Crippen LogP contribution in [0.25, 0.3) is 5.57 Å². The van der Waals surface area contributed by atoms with Crippen LogP contribution in [0.2, 0.25) is 5.02 Å². The lowest BCUT2D eigenvalue weighted by molar-refractivity contribution is 0.610. The van der Waals surface area contributed by atoms with Crippen molar-refractivity contribution in [2.45, 2.75) is 27.2 Å². The molecule has 1 fully saturated rings. The van der Waals surface area contributed by atoms with Gasteiger partial charge < -0.3 is 0 Å². The topological polar surface area (TPSA) is 0 Å². The van der Waals surface area contributed by atoms with Crippen molar-refractivity contribution in [3.05, 3.63) is 40.9 Å². The number of halogens is 1. The minimum atomic E-state index is 0.522. The molecule has 2 rings (SSSR count). The summed E-state index contributed by atoms with van der Waals surface area (Å²) in [6, 6.07) is 8.08. The summed E-state index contributed by atoms with van der Waals surface area (Å²) >= 11 is 5.86. The summed E-state index contributed by atoms with van der Waals surface area (Å²) in [5.74, 6) is 0.758. The maximum atomic E-state index is 5.86. The van der Waals surface area contributed by atoms with E-state index in [1.165, 1.54) is 17.6 Å². The van der Waals surface area contributed by atoms with Crippen LogP contribution in [-0.2, 0) is 0 Å². The van der Waals surface area contributed by atoms with E-state index in [1.54, 1.807) is 0 Å². The van der Waals surface area contributed by atoms with Gasteiger partial charge in [-0.1, -0.05) is 43.7 Å². The van der Waals surface area contributed by atoms with E-state index in [1.807, 2.05) is 12.1 Å². The second-order valence-electron chi connectivity index (χ2n) is 5.16. The highest BCUT2D eigenvalue weighted by Gasteiger charge is 2.43. The molecule has 1 aromatic carbocycles. The van der Waals surface area contributed by atoms with Gasteiger partial charge in [0, 0.05) is 5.02 Å². The lowest BCUT2D eigenvalue weighted by Crippen LogP contribution is -1.88. The Balaban J connectivity index is 2.14. The molecule has 1 atom stereocenters. The molecule has 0 spiro atoms. The highest BCUT2D eigenvalue weighted by molar-refractivity contribution is 6.30. The molecule has 0 amide bonds. The molecule has 0 bridgehead atoms. The van der Waals surface area contributed by atoms with Gasteiger partial charge in [-0.05, 0) is 47.9 Å². The van der Waals surface area contributed by atoms with Crippen molar-refractivity contribution in [1.29, 1.82) is 0 Å². The van der Waals surface area contributed by atoms with Crippen LogP contribution in [0.1, 0.15) is 32.8 Å². The van der Waals surface area contributed by atoms with E-state index in [4.69, 9.17) is 11.6 Å². The van der Waals surface area contributed by atoms with Gasteiger partial charge in [-0.3, -0.25) is 0 Å². The molecule has 0 aliphatic heterocycles. The molecule has 1 unspecified atom stereocenters. The van der Waals surface area contributed by atoms with Crippen LogP contribution in [0.3, 0.4) is 0 Å². The normalized spacial score (nSPS) is 24.0. The summed E-state index contributed by atoms with van der Waals surface area (Å²) in [4.78, 5) is 0. The molecule has 0 N–H and O–H groups in total. The number of allylic oxidation sites excluding steroid dienone is 2. The minimum Gasteiger partial charge on any atom is -0.0843 e. The zero-order valence-corrected chi connectivity index (χ0v) is 10.3. The number of hydrogen-bond donors (Lipinski definition) is 0. The van der Waals surface area contributed by atoms with Gasteiger partial charge >= 0.3 is 0 Å². The van der Waals surface area contributed by atoms with Crippen LogP contribution >= 0.6 is 11.6 Å². The molecule has 0 radical (unpaired) electrons. The molecule has 1 aromatic rings. The van der Waals surface area contributed by atoms with Gasteiger partial charge in [-0.2, -0.15) is 0 Å².